The summed E-state index contributed by atoms with van der Waals surface area (Å²) in [6, 6.07) is 0. The van der Waals surface area contributed by atoms with E-state index in [-0.39, 0.29) is 0 Å². The third-order valence-corrected chi connectivity index (χ3v) is 7.33. The molecular formula is C10H12Cl2S2. The Bertz CT molecular complexity index is 269. The van der Waals surface area contributed by atoms with Gasteiger partial charge in [0.1, 0.15) is 0 Å². The van der Waals surface area contributed by atoms with Crippen molar-refractivity contribution in [2.24, 2.45) is 23.7 Å². The maximum absolute atomic E-state index is 5.99. The van der Waals surface area contributed by atoms with E-state index in [1.807, 2.05) is 0 Å². The Labute approximate surface area is 102 Å². The van der Waals surface area contributed by atoms with E-state index in [4.69, 9.17) is 21.4 Å². The van der Waals surface area contributed by atoms with E-state index in [0.29, 0.717) is 10.5 Å². The van der Waals surface area contributed by atoms with Gasteiger partial charge in [-0.1, -0.05) is 34.1 Å². The molecule has 0 heterocycles. The van der Waals surface area contributed by atoms with Crippen LogP contribution in [0.3, 0.4) is 0 Å². The van der Waals surface area contributed by atoms with Crippen LogP contribution in [0.1, 0.15) is 12.8 Å². The molecule has 14 heavy (non-hydrogen) atoms. The first-order valence-electron chi connectivity index (χ1n) is 5.08. The number of allylic oxidation sites excluding steroid dienone is 2. The molecule has 6 atom stereocenters. The molecule has 0 aromatic heterocycles. The van der Waals surface area contributed by atoms with Crippen molar-refractivity contribution in [1.29, 1.82) is 0 Å². The van der Waals surface area contributed by atoms with E-state index in [1.54, 1.807) is 0 Å². The Morgan fingerprint density at radius 2 is 1.71 bits per heavy atom. The first-order chi connectivity index (χ1) is 6.86. The highest BCUT2D eigenvalue weighted by Crippen LogP contribution is 2.63. The molecule has 2 fully saturated rings. The van der Waals surface area contributed by atoms with Crippen molar-refractivity contribution < 1.29 is 0 Å². The lowest BCUT2D eigenvalue weighted by molar-refractivity contribution is 0.300. The number of hydrogen-bond acceptors (Lipinski definition) is 2. The molecule has 0 saturated heterocycles. The van der Waals surface area contributed by atoms with Crippen LogP contribution in [-0.4, -0.2) is 10.5 Å². The third-order valence-electron chi connectivity index (χ3n) is 4.22. The van der Waals surface area contributed by atoms with Gasteiger partial charge in [0, 0.05) is 10.5 Å². The van der Waals surface area contributed by atoms with E-state index in [1.165, 1.54) is 34.8 Å². The SMILES string of the molecule is ClSC1C2CC(C3CC=CC32)C1SCl. The zero-order chi connectivity index (χ0) is 9.71. The number of fused-ring (bicyclic) bond motifs is 5. The first kappa shape index (κ1) is 10.2. The molecule has 0 aliphatic heterocycles. The number of rotatable bonds is 2. The van der Waals surface area contributed by atoms with Gasteiger partial charge >= 0.3 is 0 Å². The van der Waals surface area contributed by atoms with Gasteiger partial charge in [0.2, 0.25) is 0 Å². The maximum Gasteiger partial charge on any atom is 0.0367 e. The second-order valence-corrected chi connectivity index (χ2v) is 7.09. The minimum absolute atomic E-state index is 0.577. The molecule has 4 heteroatoms. The molecule has 0 aromatic rings. The van der Waals surface area contributed by atoms with Crippen LogP contribution in [0.2, 0.25) is 0 Å². The molecule has 0 N–H and O–H groups in total. The highest BCUT2D eigenvalue weighted by molar-refractivity contribution is 8.24. The van der Waals surface area contributed by atoms with Crippen molar-refractivity contribution in [2.45, 2.75) is 23.3 Å². The van der Waals surface area contributed by atoms with Crippen LogP contribution in [0.4, 0.5) is 0 Å². The van der Waals surface area contributed by atoms with Crippen molar-refractivity contribution in [3.63, 3.8) is 0 Å². The van der Waals surface area contributed by atoms with Crippen LogP contribution in [0, 0.1) is 23.7 Å². The lowest BCUT2D eigenvalue weighted by Crippen LogP contribution is -2.35. The summed E-state index contributed by atoms with van der Waals surface area (Å²) < 4.78 is 0. The molecule has 0 radical (unpaired) electrons. The van der Waals surface area contributed by atoms with Gasteiger partial charge in [0.25, 0.3) is 0 Å². The minimum Gasteiger partial charge on any atom is -0.0879 e. The van der Waals surface area contributed by atoms with Gasteiger partial charge in [-0.25, -0.2) is 0 Å². The standard InChI is InChI=1S/C10H12Cl2S2/c11-13-9-7-4-8(10(9)14-12)6-3-1-2-5(6)7/h1-2,5-10H,3-4H2. The highest BCUT2D eigenvalue weighted by atomic mass is 35.7. The van der Waals surface area contributed by atoms with Crippen molar-refractivity contribution in [3.8, 4) is 0 Å². The van der Waals surface area contributed by atoms with Gasteiger partial charge in [0.05, 0.1) is 0 Å². The minimum atomic E-state index is 0.577. The van der Waals surface area contributed by atoms with E-state index in [2.05, 4.69) is 12.2 Å². The quantitative estimate of drug-likeness (QED) is 0.683. The lowest BCUT2D eigenvalue weighted by Gasteiger charge is -2.34. The van der Waals surface area contributed by atoms with Crippen molar-refractivity contribution in [1.82, 2.24) is 0 Å². The predicted octanol–water partition coefficient (Wildman–Crippen LogP) is 4.34. The summed E-state index contributed by atoms with van der Waals surface area (Å²) in [7, 11) is 15.0. The van der Waals surface area contributed by atoms with Gasteiger partial charge in [-0.05, 0) is 57.9 Å². The van der Waals surface area contributed by atoms with Crippen molar-refractivity contribution in [3.05, 3.63) is 12.2 Å². The van der Waals surface area contributed by atoms with E-state index in [0.717, 1.165) is 23.7 Å². The van der Waals surface area contributed by atoms with Crippen LogP contribution in [0.25, 0.3) is 0 Å². The van der Waals surface area contributed by atoms with E-state index in [9.17, 15) is 0 Å². The van der Waals surface area contributed by atoms with Crippen LogP contribution < -0.4 is 0 Å². The Morgan fingerprint density at radius 1 is 1.00 bits per heavy atom. The van der Waals surface area contributed by atoms with E-state index >= 15 is 0 Å². The third kappa shape index (κ3) is 1.24. The molecule has 3 aliphatic carbocycles. The molecule has 78 valence electrons. The molecule has 2 saturated carbocycles. The van der Waals surface area contributed by atoms with E-state index < -0.39 is 0 Å². The summed E-state index contributed by atoms with van der Waals surface area (Å²) in [5.74, 6) is 3.31. The summed E-state index contributed by atoms with van der Waals surface area (Å²) in [6.45, 7) is 0. The smallest absolute Gasteiger partial charge is 0.0367 e. The first-order valence-corrected chi connectivity index (χ1v) is 8.49. The Balaban J connectivity index is 1.88. The fraction of sp³-hybridized carbons (Fsp3) is 0.800. The molecule has 0 amide bonds. The number of halogens is 2. The summed E-state index contributed by atoms with van der Waals surface area (Å²) in [5, 5.41) is 1.17. The monoisotopic (exact) mass is 266 g/mol. The molecule has 3 aliphatic rings. The second kappa shape index (κ2) is 3.80. The molecule has 0 aromatic carbocycles. The normalized spacial score (nSPS) is 54.1. The van der Waals surface area contributed by atoms with Crippen molar-refractivity contribution >= 4 is 43.3 Å². The Kier molecular flexibility index (Phi) is 2.76. The van der Waals surface area contributed by atoms with Gasteiger partial charge in [-0.15, -0.1) is 0 Å². The van der Waals surface area contributed by atoms with Crippen molar-refractivity contribution in [2.75, 3.05) is 0 Å². The average Bonchev–Trinajstić information content (AvgIpc) is 2.86. The molecule has 2 bridgehead atoms. The van der Waals surface area contributed by atoms with Gasteiger partial charge in [0.15, 0.2) is 0 Å². The molecular weight excluding hydrogens is 255 g/mol. The lowest BCUT2D eigenvalue weighted by atomic mass is 9.81. The predicted molar refractivity (Wildman–Crippen MR) is 66.8 cm³/mol. The van der Waals surface area contributed by atoms with Gasteiger partial charge < -0.3 is 0 Å². The Morgan fingerprint density at radius 3 is 2.43 bits per heavy atom. The fourth-order valence-corrected chi connectivity index (χ4v) is 7.34. The summed E-state index contributed by atoms with van der Waals surface area (Å²) in [6.07, 6.45) is 7.41. The van der Waals surface area contributed by atoms with Crippen LogP contribution >= 0.6 is 43.3 Å². The average molecular weight is 267 g/mol. The summed E-state index contributed by atoms with van der Waals surface area (Å²) >= 11 is 0. The fourth-order valence-electron chi connectivity index (χ4n) is 3.71. The molecule has 3 rings (SSSR count). The highest BCUT2D eigenvalue weighted by Gasteiger charge is 2.58. The number of hydrogen-bond donors (Lipinski definition) is 0. The zero-order valence-electron chi connectivity index (χ0n) is 7.61. The van der Waals surface area contributed by atoms with Crippen LogP contribution in [0.15, 0.2) is 12.2 Å². The summed E-state index contributed by atoms with van der Waals surface area (Å²) in [4.78, 5) is 0. The molecule has 0 spiro atoms. The van der Waals surface area contributed by atoms with Gasteiger partial charge in [-0.2, -0.15) is 0 Å². The Hall–Kier alpha value is 1.02. The topological polar surface area (TPSA) is 0 Å². The van der Waals surface area contributed by atoms with Crippen LogP contribution in [0.5, 0.6) is 0 Å². The van der Waals surface area contributed by atoms with Gasteiger partial charge in [-0.3, -0.25) is 0 Å². The summed E-state index contributed by atoms with van der Waals surface area (Å²) in [5.41, 5.74) is 0. The van der Waals surface area contributed by atoms with Crippen LogP contribution in [-0.2, 0) is 0 Å². The zero-order valence-corrected chi connectivity index (χ0v) is 10.8. The molecule has 0 nitrogen and oxygen atoms in total. The molecule has 6 unspecified atom stereocenters. The maximum atomic E-state index is 5.99. The largest absolute Gasteiger partial charge is 0.0879 e. The second-order valence-electron chi connectivity index (χ2n) is 4.58.